The predicted molar refractivity (Wildman–Crippen MR) is 130 cm³/mol. The molecule has 0 unspecified atom stereocenters. The molecule has 0 aliphatic carbocycles. The molecule has 3 aromatic rings. The number of carbonyl (C=O) groups excluding carboxylic acids is 1. The molecule has 1 N–H and O–H groups in total. The van der Waals surface area contributed by atoms with Gasteiger partial charge in [0, 0.05) is 35.3 Å². The van der Waals surface area contributed by atoms with Crippen LogP contribution in [0, 0.1) is 11.7 Å². The summed E-state index contributed by atoms with van der Waals surface area (Å²) >= 11 is 5.98. The molecule has 1 saturated heterocycles. The van der Waals surface area contributed by atoms with Gasteiger partial charge in [0.15, 0.2) is 0 Å². The largest absolute Gasteiger partial charge is 0.457 e. The zero-order chi connectivity index (χ0) is 24.1. The van der Waals surface area contributed by atoms with Gasteiger partial charge in [0.1, 0.15) is 17.3 Å². The molecule has 178 valence electrons. The highest BCUT2D eigenvalue weighted by atomic mass is 35.5. The highest BCUT2D eigenvalue weighted by Crippen LogP contribution is 2.27. The quantitative estimate of drug-likeness (QED) is 0.466. The van der Waals surface area contributed by atoms with Crippen molar-refractivity contribution in [1.82, 2.24) is 4.31 Å². The average Bonchev–Trinajstić information content (AvgIpc) is 2.83. The van der Waals surface area contributed by atoms with Gasteiger partial charge in [0.25, 0.3) is 0 Å². The predicted octanol–water partition coefficient (Wildman–Crippen LogP) is 5.45. The van der Waals surface area contributed by atoms with E-state index in [1.54, 1.807) is 24.3 Å². The number of para-hydroxylation sites is 1. The maximum atomic E-state index is 14.0. The standard InChI is InChI=1S/C25H24ClFN2O4S/c26-23-7-4-8-24(27)22(23)17-34(31,32)29-15-13-18(14-16-29)25(30)28-19-9-11-21(12-10-19)33-20-5-2-1-3-6-20/h1-12,18H,13-17H2,(H,28,30). The minimum Gasteiger partial charge on any atom is -0.457 e. The summed E-state index contributed by atoms with van der Waals surface area (Å²) in [6.07, 6.45) is 0.760. The molecule has 1 heterocycles. The summed E-state index contributed by atoms with van der Waals surface area (Å²) in [6, 6.07) is 20.5. The van der Waals surface area contributed by atoms with Gasteiger partial charge in [-0.05, 0) is 61.4 Å². The van der Waals surface area contributed by atoms with Crippen molar-refractivity contribution in [3.05, 3.63) is 89.2 Å². The highest BCUT2D eigenvalue weighted by Gasteiger charge is 2.32. The summed E-state index contributed by atoms with van der Waals surface area (Å²) in [5, 5.41) is 2.96. The lowest BCUT2D eigenvalue weighted by atomic mass is 9.97. The Kier molecular flexibility index (Phi) is 7.50. The lowest BCUT2D eigenvalue weighted by Crippen LogP contribution is -2.42. The van der Waals surface area contributed by atoms with Crippen molar-refractivity contribution in [1.29, 1.82) is 0 Å². The minimum atomic E-state index is -3.76. The molecule has 6 nitrogen and oxygen atoms in total. The van der Waals surface area contributed by atoms with E-state index in [-0.39, 0.29) is 35.5 Å². The number of anilines is 1. The number of hydrogen-bond donors (Lipinski definition) is 1. The van der Waals surface area contributed by atoms with E-state index in [2.05, 4.69) is 5.32 Å². The molecular weight excluding hydrogens is 479 g/mol. The van der Waals surface area contributed by atoms with Gasteiger partial charge < -0.3 is 10.1 Å². The van der Waals surface area contributed by atoms with Crippen LogP contribution in [-0.4, -0.2) is 31.7 Å². The topological polar surface area (TPSA) is 75.7 Å². The number of sulfonamides is 1. The molecular formula is C25H24ClFN2O4S. The van der Waals surface area contributed by atoms with E-state index in [9.17, 15) is 17.6 Å². The summed E-state index contributed by atoms with van der Waals surface area (Å²) in [5.41, 5.74) is 0.596. The van der Waals surface area contributed by atoms with Crippen LogP contribution in [0.15, 0.2) is 72.8 Å². The van der Waals surface area contributed by atoms with Crippen LogP contribution in [-0.2, 0) is 20.6 Å². The number of benzene rings is 3. The fourth-order valence-corrected chi connectivity index (χ4v) is 5.73. The molecule has 3 aromatic carbocycles. The van der Waals surface area contributed by atoms with Crippen molar-refractivity contribution in [2.45, 2.75) is 18.6 Å². The molecule has 0 saturated carbocycles. The number of hydrogen-bond acceptors (Lipinski definition) is 4. The molecule has 1 aliphatic heterocycles. The van der Waals surface area contributed by atoms with Gasteiger partial charge in [-0.25, -0.2) is 17.1 Å². The lowest BCUT2D eigenvalue weighted by Gasteiger charge is -2.30. The summed E-state index contributed by atoms with van der Waals surface area (Å²) in [6.45, 7) is 0.382. The van der Waals surface area contributed by atoms with Crippen molar-refractivity contribution in [3.8, 4) is 11.5 Å². The third-order valence-electron chi connectivity index (χ3n) is 5.71. The fourth-order valence-electron chi connectivity index (χ4n) is 3.82. The van der Waals surface area contributed by atoms with Gasteiger partial charge in [-0.3, -0.25) is 4.79 Å². The van der Waals surface area contributed by atoms with Crippen molar-refractivity contribution in [2.75, 3.05) is 18.4 Å². The Labute approximate surface area is 203 Å². The van der Waals surface area contributed by atoms with Crippen LogP contribution in [0.1, 0.15) is 18.4 Å². The van der Waals surface area contributed by atoms with Gasteiger partial charge in [-0.1, -0.05) is 35.9 Å². The number of carbonyl (C=O) groups is 1. The Morgan fingerprint density at radius 2 is 1.62 bits per heavy atom. The Balaban J connectivity index is 1.30. The van der Waals surface area contributed by atoms with Gasteiger partial charge >= 0.3 is 0 Å². The molecule has 0 atom stereocenters. The van der Waals surface area contributed by atoms with Crippen LogP contribution in [0.3, 0.4) is 0 Å². The number of nitrogens with zero attached hydrogens (tertiary/aromatic N) is 1. The Bertz CT molecular complexity index is 1230. The molecule has 1 fully saturated rings. The maximum Gasteiger partial charge on any atom is 0.227 e. The second-order valence-corrected chi connectivity index (χ2v) is 10.4. The van der Waals surface area contributed by atoms with Gasteiger partial charge in [-0.2, -0.15) is 0 Å². The zero-order valence-corrected chi connectivity index (χ0v) is 19.9. The van der Waals surface area contributed by atoms with Crippen LogP contribution >= 0.6 is 11.6 Å². The van der Waals surface area contributed by atoms with Gasteiger partial charge in [0.2, 0.25) is 15.9 Å². The third-order valence-corrected chi connectivity index (χ3v) is 7.87. The number of piperidine rings is 1. The van der Waals surface area contributed by atoms with Crippen LogP contribution in [0.5, 0.6) is 11.5 Å². The van der Waals surface area contributed by atoms with E-state index in [4.69, 9.17) is 16.3 Å². The first-order chi connectivity index (χ1) is 16.3. The Morgan fingerprint density at radius 3 is 2.26 bits per heavy atom. The van der Waals surface area contributed by atoms with Crippen LogP contribution in [0.25, 0.3) is 0 Å². The van der Waals surface area contributed by atoms with E-state index in [0.717, 1.165) is 5.75 Å². The van der Waals surface area contributed by atoms with E-state index in [1.165, 1.54) is 22.5 Å². The molecule has 0 aromatic heterocycles. The molecule has 1 aliphatic rings. The van der Waals surface area contributed by atoms with Crippen LogP contribution in [0.4, 0.5) is 10.1 Å². The normalized spacial score (nSPS) is 15.1. The first-order valence-corrected chi connectivity index (χ1v) is 12.8. The van der Waals surface area contributed by atoms with Crippen molar-refractivity contribution in [3.63, 3.8) is 0 Å². The van der Waals surface area contributed by atoms with Gasteiger partial charge in [0.05, 0.1) is 5.75 Å². The van der Waals surface area contributed by atoms with E-state index >= 15 is 0 Å². The SMILES string of the molecule is O=C(Nc1ccc(Oc2ccccc2)cc1)C1CCN(S(=O)(=O)Cc2c(F)cccc2Cl)CC1. The summed E-state index contributed by atoms with van der Waals surface area (Å²) in [4.78, 5) is 12.7. The summed E-state index contributed by atoms with van der Waals surface area (Å²) < 4.78 is 46.6. The number of nitrogens with one attached hydrogen (secondary N) is 1. The first-order valence-electron chi connectivity index (χ1n) is 10.9. The smallest absolute Gasteiger partial charge is 0.227 e. The number of rotatable bonds is 7. The van der Waals surface area contributed by atoms with Gasteiger partial charge in [-0.15, -0.1) is 0 Å². The second kappa shape index (κ2) is 10.5. The lowest BCUT2D eigenvalue weighted by molar-refractivity contribution is -0.120. The number of ether oxygens (including phenoxy) is 1. The molecule has 0 radical (unpaired) electrons. The van der Waals surface area contributed by atoms with E-state index in [1.807, 2.05) is 30.3 Å². The summed E-state index contributed by atoms with van der Waals surface area (Å²) in [5.74, 6) is -0.261. The zero-order valence-electron chi connectivity index (χ0n) is 18.3. The van der Waals surface area contributed by atoms with Crippen molar-refractivity contribution in [2.24, 2.45) is 5.92 Å². The minimum absolute atomic E-state index is 0.0382. The van der Waals surface area contributed by atoms with Crippen LogP contribution < -0.4 is 10.1 Å². The number of amides is 1. The average molecular weight is 503 g/mol. The Hall–Kier alpha value is -2.94. The summed E-state index contributed by atoms with van der Waals surface area (Å²) in [7, 11) is -3.76. The second-order valence-electron chi connectivity index (χ2n) is 8.06. The highest BCUT2D eigenvalue weighted by molar-refractivity contribution is 7.88. The fraction of sp³-hybridized carbons (Fsp3) is 0.240. The van der Waals surface area contributed by atoms with Crippen LogP contribution in [0.2, 0.25) is 5.02 Å². The maximum absolute atomic E-state index is 14.0. The van der Waals surface area contributed by atoms with E-state index < -0.39 is 21.6 Å². The molecule has 0 spiro atoms. The first kappa shape index (κ1) is 24.2. The van der Waals surface area contributed by atoms with E-state index in [0.29, 0.717) is 24.3 Å². The van der Waals surface area contributed by atoms with Crippen molar-refractivity contribution < 1.29 is 22.3 Å². The molecule has 34 heavy (non-hydrogen) atoms. The monoisotopic (exact) mass is 502 g/mol. The molecule has 4 rings (SSSR count). The molecule has 0 bridgehead atoms. The number of halogens is 2. The molecule has 1 amide bonds. The van der Waals surface area contributed by atoms with Crippen molar-refractivity contribution >= 4 is 33.2 Å². The molecule has 9 heteroatoms. The Morgan fingerprint density at radius 1 is 0.971 bits per heavy atom. The third kappa shape index (κ3) is 5.94.